The highest BCUT2D eigenvalue weighted by atomic mass is 16.2. The molecule has 2 atom stereocenters. The van der Waals surface area contributed by atoms with Crippen molar-refractivity contribution >= 4 is 5.91 Å². The van der Waals surface area contributed by atoms with Gasteiger partial charge in [0.1, 0.15) is 0 Å². The van der Waals surface area contributed by atoms with Crippen molar-refractivity contribution in [3.63, 3.8) is 0 Å². The quantitative estimate of drug-likeness (QED) is 0.760. The number of pyridine rings is 1. The first kappa shape index (κ1) is 11.5. The Morgan fingerprint density at radius 3 is 2.56 bits per heavy atom. The number of H-pyrrole nitrogens is 1. The van der Waals surface area contributed by atoms with Crippen LogP contribution in [0.2, 0.25) is 0 Å². The van der Waals surface area contributed by atoms with Crippen molar-refractivity contribution in [1.82, 2.24) is 14.8 Å². The van der Waals surface area contributed by atoms with Crippen molar-refractivity contribution in [3.05, 3.63) is 34.2 Å². The van der Waals surface area contributed by atoms with Gasteiger partial charge >= 0.3 is 0 Å². The summed E-state index contributed by atoms with van der Waals surface area (Å²) in [5, 5.41) is 0. The molecule has 2 aliphatic rings. The molecule has 0 aromatic carbocycles. The van der Waals surface area contributed by atoms with E-state index in [0.717, 1.165) is 26.2 Å². The monoisotopic (exact) mass is 247 g/mol. The van der Waals surface area contributed by atoms with Crippen molar-refractivity contribution in [2.45, 2.75) is 0 Å². The van der Waals surface area contributed by atoms with Crippen LogP contribution in [0.4, 0.5) is 0 Å². The highest BCUT2D eigenvalue weighted by Gasteiger charge is 2.40. The fraction of sp³-hybridized carbons (Fsp3) is 0.538. The minimum atomic E-state index is -0.222. The van der Waals surface area contributed by atoms with Crippen LogP contribution >= 0.6 is 0 Å². The number of likely N-dealkylation sites (tertiary alicyclic amines) is 2. The molecule has 2 fully saturated rings. The van der Waals surface area contributed by atoms with Crippen molar-refractivity contribution in [2.75, 3.05) is 33.2 Å². The Kier molecular flexibility index (Phi) is 2.70. The number of rotatable bonds is 1. The Labute approximate surface area is 105 Å². The van der Waals surface area contributed by atoms with Gasteiger partial charge in [0, 0.05) is 44.0 Å². The van der Waals surface area contributed by atoms with Crippen LogP contribution in [0.5, 0.6) is 0 Å². The van der Waals surface area contributed by atoms with E-state index in [0.29, 0.717) is 17.4 Å². The molecular formula is C13H17N3O2. The number of nitrogens with zero attached hydrogens (tertiary/aromatic N) is 2. The summed E-state index contributed by atoms with van der Waals surface area (Å²) in [4.78, 5) is 30.2. The molecule has 0 bridgehead atoms. The third-order valence-corrected chi connectivity index (χ3v) is 3.98. The molecule has 1 aromatic heterocycles. The normalized spacial score (nSPS) is 27.5. The molecule has 3 rings (SSSR count). The van der Waals surface area contributed by atoms with Crippen LogP contribution in [0.1, 0.15) is 10.4 Å². The summed E-state index contributed by atoms with van der Waals surface area (Å²) in [5.74, 6) is 1.18. The lowest BCUT2D eigenvalue weighted by atomic mass is 10.0. The van der Waals surface area contributed by atoms with Gasteiger partial charge in [-0.05, 0) is 24.9 Å². The first-order valence-corrected chi connectivity index (χ1v) is 6.30. The molecule has 5 nitrogen and oxygen atoms in total. The summed E-state index contributed by atoms with van der Waals surface area (Å²) in [7, 11) is 2.13. The summed E-state index contributed by atoms with van der Waals surface area (Å²) in [6, 6.07) is 3.05. The lowest BCUT2D eigenvalue weighted by Crippen LogP contribution is -2.32. The zero-order valence-electron chi connectivity index (χ0n) is 10.4. The third-order valence-electron chi connectivity index (χ3n) is 3.98. The highest BCUT2D eigenvalue weighted by molar-refractivity contribution is 5.94. The summed E-state index contributed by atoms with van der Waals surface area (Å²) < 4.78 is 0. The number of carbonyl (C=O) groups is 1. The number of hydrogen-bond acceptors (Lipinski definition) is 3. The molecule has 18 heavy (non-hydrogen) atoms. The number of aromatic nitrogens is 1. The van der Waals surface area contributed by atoms with Gasteiger partial charge < -0.3 is 14.8 Å². The van der Waals surface area contributed by atoms with Gasteiger partial charge in [0.2, 0.25) is 5.56 Å². The second-order valence-electron chi connectivity index (χ2n) is 5.39. The maximum absolute atomic E-state index is 12.3. The molecule has 1 N–H and O–H groups in total. The van der Waals surface area contributed by atoms with E-state index in [1.54, 1.807) is 6.07 Å². The van der Waals surface area contributed by atoms with E-state index in [-0.39, 0.29) is 11.5 Å². The average Bonchev–Trinajstić information content (AvgIpc) is 2.85. The standard InChI is InChI=1S/C13H17N3O2/c1-15-5-10-7-16(8-11(10)6-15)13(18)9-2-3-14-12(17)4-9/h2-4,10-11H,5-8H2,1H3,(H,14,17). The van der Waals surface area contributed by atoms with Crippen molar-refractivity contribution in [2.24, 2.45) is 11.8 Å². The van der Waals surface area contributed by atoms with E-state index in [1.807, 2.05) is 4.90 Å². The summed E-state index contributed by atoms with van der Waals surface area (Å²) in [6.07, 6.45) is 1.53. The maximum atomic E-state index is 12.3. The van der Waals surface area contributed by atoms with Gasteiger partial charge in [-0.25, -0.2) is 0 Å². The van der Waals surface area contributed by atoms with Crippen LogP contribution < -0.4 is 5.56 Å². The van der Waals surface area contributed by atoms with Crippen molar-refractivity contribution < 1.29 is 4.79 Å². The molecule has 3 heterocycles. The van der Waals surface area contributed by atoms with Gasteiger partial charge in [0.15, 0.2) is 0 Å². The molecule has 5 heteroatoms. The molecule has 2 unspecified atom stereocenters. The predicted molar refractivity (Wildman–Crippen MR) is 67.4 cm³/mol. The Morgan fingerprint density at radius 2 is 1.94 bits per heavy atom. The predicted octanol–water partition coefficient (Wildman–Crippen LogP) is 0.00850. The number of hydrogen-bond donors (Lipinski definition) is 1. The lowest BCUT2D eigenvalue weighted by Gasteiger charge is -2.19. The molecule has 0 saturated carbocycles. The van der Waals surface area contributed by atoms with Crippen LogP contribution in [-0.2, 0) is 0 Å². The first-order valence-electron chi connectivity index (χ1n) is 6.30. The largest absolute Gasteiger partial charge is 0.338 e. The van der Waals surface area contributed by atoms with Crippen LogP contribution in [0.3, 0.4) is 0 Å². The molecule has 0 spiro atoms. The van der Waals surface area contributed by atoms with Gasteiger partial charge in [-0.15, -0.1) is 0 Å². The zero-order valence-corrected chi connectivity index (χ0v) is 10.4. The van der Waals surface area contributed by atoms with E-state index in [4.69, 9.17) is 0 Å². The third kappa shape index (κ3) is 1.95. The van der Waals surface area contributed by atoms with Crippen molar-refractivity contribution in [1.29, 1.82) is 0 Å². The Hall–Kier alpha value is -1.62. The maximum Gasteiger partial charge on any atom is 0.254 e. The van der Waals surface area contributed by atoms with E-state index < -0.39 is 0 Å². The van der Waals surface area contributed by atoms with Crippen LogP contribution in [0, 0.1) is 11.8 Å². The Bertz CT molecular complexity index is 511. The van der Waals surface area contributed by atoms with Gasteiger partial charge in [0.05, 0.1) is 0 Å². The average molecular weight is 247 g/mol. The molecule has 2 aliphatic heterocycles. The number of fused-ring (bicyclic) bond motifs is 1. The Balaban J connectivity index is 1.74. The summed E-state index contributed by atoms with van der Waals surface area (Å²) in [5.41, 5.74) is 0.270. The molecule has 1 amide bonds. The minimum absolute atomic E-state index is 0.0156. The molecule has 2 saturated heterocycles. The van der Waals surface area contributed by atoms with Gasteiger partial charge in [-0.3, -0.25) is 9.59 Å². The topological polar surface area (TPSA) is 56.4 Å². The van der Waals surface area contributed by atoms with Gasteiger partial charge in [-0.2, -0.15) is 0 Å². The number of amides is 1. The molecule has 96 valence electrons. The number of carbonyl (C=O) groups excluding carboxylic acids is 1. The van der Waals surface area contributed by atoms with Crippen LogP contribution in [-0.4, -0.2) is 53.9 Å². The molecular weight excluding hydrogens is 230 g/mol. The highest BCUT2D eigenvalue weighted by Crippen LogP contribution is 2.30. The summed E-state index contributed by atoms with van der Waals surface area (Å²) >= 11 is 0. The van der Waals surface area contributed by atoms with Gasteiger partial charge in [-0.1, -0.05) is 0 Å². The van der Waals surface area contributed by atoms with E-state index in [2.05, 4.69) is 16.9 Å². The van der Waals surface area contributed by atoms with Crippen LogP contribution in [0.25, 0.3) is 0 Å². The van der Waals surface area contributed by atoms with E-state index in [9.17, 15) is 9.59 Å². The first-order chi connectivity index (χ1) is 8.63. The summed E-state index contributed by atoms with van der Waals surface area (Å²) in [6.45, 7) is 3.79. The van der Waals surface area contributed by atoms with Crippen LogP contribution in [0.15, 0.2) is 23.1 Å². The number of aromatic amines is 1. The smallest absolute Gasteiger partial charge is 0.254 e. The second-order valence-corrected chi connectivity index (χ2v) is 5.39. The second kappa shape index (κ2) is 4.24. The number of nitrogens with one attached hydrogen (secondary N) is 1. The SMILES string of the molecule is CN1CC2CN(C(=O)c3cc[nH]c(=O)c3)CC2C1. The molecule has 0 aliphatic carbocycles. The molecule has 0 radical (unpaired) electrons. The fourth-order valence-electron chi connectivity index (χ4n) is 3.15. The Morgan fingerprint density at radius 1 is 1.28 bits per heavy atom. The van der Waals surface area contributed by atoms with Gasteiger partial charge in [0.25, 0.3) is 5.91 Å². The minimum Gasteiger partial charge on any atom is -0.338 e. The van der Waals surface area contributed by atoms with E-state index in [1.165, 1.54) is 12.3 Å². The van der Waals surface area contributed by atoms with E-state index >= 15 is 0 Å². The molecule has 1 aromatic rings. The fourth-order valence-corrected chi connectivity index (χ4v) is 3.15. The van der Waals surface area contributed by atoms with Crippen molar-refractivity contribution in [3.8, 4) is 0 Å². The lowest BCUT2D eigenvalue weighted by molar-refractivity contribution is 0.0775. The zero-order chi connectivity index (χ0) is 12.7.